The Morgan fingerprint density at radius 2 is 2.06 bits per heavy atom. The van der Waals surface area contributed by atoms with Gasteiger partial charge in [0.2, 0.25) is 0 Å². The molecule has 17 heavy (non-hydrogen) atoms. The van der Waals surface area contributed by atoms with Crippen molar-refractivity contribution >= 4 is 11.6 Å². The van der Waals surface area contributed by atoms with E-state index < -0.39 is 0 Å². The van der Waals surface area contributed by atoms with E-state index in [1.807, 2.05) is 24.3 Å². The summed E-state index contributed by atoms with van der Waals surface area (Å²) in [6, 6.07) is 7.78. The van der Waals surface area contributed by atoms with Crippen LogP contribution in [0.25, 0.3) is 11.3 Å². The normalized spacial score (nSPS) is 19.1. The molecule has 1 aromatic heterocycles. The van der Waals surface area contributed by atoms with Gasteiger partial charge in [0.05, 0.1) is 0 Å². The van der Waals surface area contributed by atoms with Crippen molar-refractivity contribution in [3.8, 4) is 11.3 Å². The van der Waals surface area contributed by atoms with Crippen molar-refractivity contribution in [2.45, 2.75) is 26.2 Å². The molecular weight excluding hydrogens is 234 g/mol. The zero-order chi connectivity index (χ0) is 11.8. The lowest BCUT2D eigenvalue weighted by Gasteiger charge is -2.16. The largest absolute Gasteiger partial charge is 0.360 e. The van der Waals surface area contributed by atoms with Gasteiger partial charge in [-0.3, -0.25) is 0 Å². The summed E-state index contributed by atoms with van der Waals surface area (Å²) in [5.41, 5.74) is 3.36. The fourth-order valence-electron chi connectivity index (χ4n) is 2.41. The maximum atomic E-state index is 5.89. The van der Waals surface area contributed by atoms with E-state index in [-0.39, 0.29) is 0 Å². The second-order valence-electron chi connectivity index (χ2n) is 4.79. The number of nitrogens with zero attached hydrogens (tertiary/aromatic N) is 1. The molecule has 3 rings (SSSR count). The second-order valence-corrected chi connectivity index (χ2v) is 5.22. The van der Waals surface area contributed by atoms with Crippen LogP contribution in [-0.2, 0) is 12.8 Å². The summed E-state index contributed by atoms with van der Waals surface area (Å²) in [7, 11) is 0. The third-order valence-electron chi connectivity index (χ3n) is 3.41. The highest BCUT2D eigenvalue weighted by Crippen LogP contribution is 2.33. The maximum Gasteiger partial charge on any atom is 0.140 e. The van der Waals surface area contributed by atoms with Gasteiger partial charge < -0.3 is 4.52 Å². The number of benzene rings is 1. The first-order chi connectivity index (χ1) is 8.24. The third-order valence-corrected chi connectivity index (χ3v) is 3.66. The van der Waals surface area contributed by atoms with Crippen LogP contribution < -0.4 is 0 Å². The van der Waals surface area contributed by atoms with E-state index >= 15 is 0 Å². The van der Waals surface area contributed by atoms with Crippen LogP contribution in [0.3, 0.4) is 0 Å². The first-order valence-electron chi connectivity index (χ1n) is 5.97. The summed E-state index contributed by atoms with van der Waals surface area (Å²) in [4.78, 5) is 0. The summed E-state index contributed by atoms with van der Waals surface area (Å²) >= 11 is 5.89. The first kappa shape index (κ1) is 10.8. The molecule has 0 radical (unpaired) electrons. The highest BCUT2D eigenvalue weighted by atomic mass is 35.5. The fraction of sp³-hybridized carbons (Fsp3) is 0.357. The van der Waals surface area contributed by atoms with Crippen molar-refractivity contribution in [1.29, 1.82) is 0 Å². The number of halogens is 1. The molecule has 0 amide bonds. The van der Waals surface area contributed by atoms with Gasteiger partial charge in [-0.05, 0) is 30.9 Å². The highest BCUT2D eigenvalue weighted by Gasteiger charge is 2.23. The lowest BCUT2D eigenvalue weighted by molar-refractivity contribution is 0.347. The SMILES string of the molecule is CC1CCc2c(-c3ccc(Cl)cc3)noc2C1. The van der Waals surface area contributed by atoms with Crippen LogP contribution in [0.2, 0.25) is 5.02 Å². The Morgan fingerprint density at radius 1 is 1.29 bits per heavy atom. The number of fused-ring (bicyclic) bond motifs is 1. The molecule has 1 aliphatic rings. The Bertz CT molecular complexity index is 530. The molecule has 0 spiro atoms. The predicted octanol–water partition coefficient (Wildman–Crippen LogP) is 4.12. The average Bonchev–Trinajstić information content (AvgIpc) is 2.73. The maximum absolute atomic E-state index is 5.89. The van der Waals surface area contributed by atoms with Crippen molar-refractivity contribution in [1.82, 2.24) is 5.16 Å². The van der Waals surface area contributed by atoms with Gasteiger partial charge in [0.15, 0.2) is 0 Å². The molecule has 1 atom stereocenters. The zero-order valence-electron chi connectivity index (χ0n) is 9.74. The molecule has 0 aliphatic heterocycles. The molecule has 0 N–H and O–H groups in total. The summed E-state index contributed by atoms with van der Waals surface area (Å²) in [6.07, 6.45) is 3.29. The lowest BCUT2D eigenvalue weighted by atomic mass is 9.87. The first-order valence-corrected chi connectivity index (χ1v) is 6.35. The monoisotopic (exact) mass is 247 g/mol. The fourth-order valence-corrected chi connectivity index (χ4v) is 2.53. The number of rotatable bonds is 1. The van der Waals surface area contributed by atoms with Crippen molar-refractivity contribution < 1.29 is 4.52 Å². The highest BCUT2D eigenvalue weighted by molar-refractivity contribution is 6.30. The van der Waals surface area contributed by atoms with Crippen LogP contribution >= 0.6 is 11.6 Å². The van der Waals surface area contributed by atoms with Gasteiger partial charge in [-0.25, -0.2) is 0 Å². The number of hydrogen-bond acceptors (Lipinski definition) is 2. The predicted molar refractivity (Wildman–Crippen MR) is 68.1 cm³/mol. The molecule has 2 aromatic rings. The molecular formula is C14H14ClNO. The molecule has 1 unspecified atom stereocenters. The Kier molecular flexibility index (Phi) is 2.67. The summed E-state index contributed by atoms with van der Waals surface area (Å²) in [6.45, 7) is 2.26. The van der Waals surface area contributed by atoms with Crippen LogP contribution in [0, 0.1) is 5.92 Å². The van der Waals surface area contributed by atoms with Gasteiger partial charge in [0, 0.05) is 22.6 Å². The molecule has 0 fully saturated rings. The molecule has 0 bridgehead atoms. The molecule has 1 aromatic carbocycles. The Labute approximate surface area is 106 Å². The van der Waals surface area contributed by atoms with E-state index in [1.165, 1.54) is 12.0 Å². The van der Waals surface area contributed by atoms with E-state index in [0.29, 0.717) is 5.92 Å². The molecule has 1 heterocycles. The van der Waals surface area contributed by atoms with Crippen LogP contribution in [0.5, 0.6) is 0 Å². The molecule has 1 aliphatic carbocycles. The van der Waals surface area contributed by atoms with Crippen molar-refractivity contribution in [3.05, 3.63) is 40.6 Å². The van der Waals surface area contributed by atoms with Gasteiger partial charge in [0.25, 0.3) is 0 Å². The molecule has 2 nitrogen and oxygen atoms in total. The lowest BCUT2D eigenvalue weighted by Crippen LogP contribution is -2.09. The van der Waals surface area contributed by atoms with E-state index in [4.69, 9.17) is 16.1 Å². The third kappa shape index (κ3) is 1.98. The van der Waals surface area contributed by atoms with E-state index in [1.54, 1.807) is 0 Å². The van der Waals surface area contributed by atoms with Crippen molar-refractivity contribution in [2.75, 3.05) is 0 Å². The molecule has 0 saturated carbocycles. The zero-order valence-corrected chi connectivity index (χ0v) is 10.5. The summed E-state index contributed by atoms with van der Waals surface area (Å²) in [5.74, 6) is 1.77. The molecule has 88 valence electrons. The van der Waals surface area contributed by atoms with Gasteiger partial charge in [-0.15, -0.1) is 0 Å². The minimum Gasteiger partial charge on any atom is -0.360 e. The van der Waals surface area contributed by atoms with Crippen LogP contribution in [-0.4, -0.2) is 5.16 Å². The standard InChI is InChI=1S/C14H14ClNO/c1-9-2-7-12-13(8-9)17-16-14(12)10-3-5-11(15)6-4-10/h3-6,9H,2,7-8H2,1H3. The second kappa shape index (κ2) is 4.19. The van der Waals surface area contributed by atoms with E-state index in [0.717, 1.165) is 34.9 Å². The van der Waals surface area contributed by atoms with Gasteiger partial charge >= 0.3 is 0 Å². The summed E-state index contributed by atoms with van der Waals surface area (Å²) in [5, 5.41) is 4.96. The smallest absolute Gasteiger partial charge is 0.140 e. The van der Waals surface area contributed by atoms with Crippen LogP contribution in [0.4, 0.5) is 0 Å². The molecule has 0 saturated heterocycles. The van der Waals surface area contributed by atoms with Gasteiger partial charge in [-0.1, -0.05) is 35.8 Å². The minimum atomic E-state index is 0.702. The average molecular weight is 248 g/mol. The van der Waals surface area contributed by atoms with Gasteiger partial charge in [0.1, 0.15) is 11.5 Å². The Hall–Kier alpha value is -1.28. The minimum absolute atomic E-state index is 0.702. The number of aromatic nitrogens is 1. The van der Waals surface area contributed by atoms with Crippen molar-refractivity contribution in [3.63, 3.8) is 0 Å². The van der Waals surface area contributed by atoms with Crippen LogP contribution in [0.15, 0.2) is 28.8 Å². The van der Waals surface area contributed by atoms with Gasteiger partial charge in [-0.2, -0.15) is 0 Å². The molecule has 3 heteroatoms. The topological polar surface area (TPSA) is 26.0 Å². The van der Waals surface area contributed by atoms with Crippen molar-refractivity contribution in [2.24, 2.45) is 5.92 Å². The summed E-state index contributed by atoms with van der Waals surface area (Å²) < 4.78 is 5.46. The van der Waals surface area contributed by atoms with E-state index in [2.05, 4.69) is 12.1 Å². The Morgan fingerprint density at radius 3 is 2.82 bits per heavy atom. The van der Waals surface area contributed by atoms with E-state index in [9.17, 15) is 0 Å². The number of hydrogen-bond donors (Lipinski definition) is 0. The van der Waals surface area contributed by atoms with Crippen LogP contribution in [0.1, 0.15) is 24.7 Å². The Balaban J connectivity index is 2.02. The quantitative estimate of drug-likeness (QED) is 0.758.